The summed E-state index contributed by atoms with van der Waals surface area (Å²) >= 11 is 1.98. The summed E-state index contributed by atoms with van der Waals surface area (Å²) in [6.45, 7) is 0.823. The van der Waals surface area contributed by atoms with Gasteiger partial charge in [0.2, 0.25) is 0 Å². The van der Waals surface area contributed by atoms with E-state index in [1.165, 1.54) is 18.4 Å². The van der Waals surface area contributed by atoms with Crippen molar-refractivity contribution < 1.29 is 4.74 Å². The van der Waals surface area contributed by atoms with Gasteiger partial charge in [0.25, 0.3) is 0 Å². The van der Waals surface area contributed by atoms with Crippen LogP contribution in [0.2, 0.25) is 0 Å². The number of nitrogens with two attached hydrogens (primary N) is 1. The second-order valence-electron chi connectivity index (χ2n) is 4.99. The lowest BCUT2D eigenvalue weighted by atomic mass is 9.82. The van der Waals surface area contributed by atoms with Crippen LogP contribution < -0.4 is 5.73 Å². The molecule has 0 saturated heterocycles. The summed E-state index contributed by atoms with van der Waals surface area (Å²) in [6.07, 6.45) is 3.58. The zero-order chi connectivity index (χ0) is 12.8. The fourth-order valence-corrected chi connectivity index (χ4v) is 3.97. The Morgan fingerprint density at radius 1 is 1.28 bits per heavy atom. The summed E-state index contributed by atoms with van der Waals surface area (Å²) < 4.78 is 5.12. The Balaban J connectivity index is 1.91. The van der Waals surface area contributed by atoms with Gasteiger partial charge in [-0.25, -0.2) is 0 Å². The Morgan fingerprint density at radius 3 is 2.78 bits per heavy atom. The minimum Gasteiger partial charge on any atom is -0.384 e. The molecule has 0 radical (unpaired) electrons. The zero-order valence-corrected chi connectivity index (χ0v) is 11.9. The molecule has 1 aliphatic rings. The van der Waals surface area contributed by atoms with E-state index in [0.29, 0.717) is 17.2 Å². The molecule has 0 aromatic heterocycles. The van der Waals surface area contributed by atoms with E-state index in [9.17, 15) is 0 Å². The average molecular weight is 265 g/mol. The highest BCUT2D eigenvalue weighted by atomic mass is 32.2. The van der Waals surface area contributed by atoms with Gasteiger partial charge in [-0.2, -0.15) is 11.8 Å². The Labute approximate surface area is 114 Å². The van der Waals surface area contributed by atoms with Crippen LogP contribution in [0, 0.1) is 0 Å². The number of hydrogen-bond donors (Lipinski definition) is 1. The summed E-state index contributed by atoms with van der Waals surface area (Å²) in [5.41, 5.74) is 7.71. The van der Waals surface area contributed by atoms with E-state index in [4.69, 9.17) is 10.5 Å². The lowest BCUT2D eigenvalue weighted by Crippen LogP contribution is -2.38. The molecule has 0 bridgehead atoms. The summed E-state index contributed by atoms with van der Waals surface area (Å²) in [5, 5.41) is 0.583. The molecule has 0 spiro atoms. The molecule has 2 N–H and O–H groups in total. The van der Waals surface area contributed by atoms with Gasteiger partial charge < -0.3 is 10.5 Å². The van der Waals surface area contributed by atoms with Gasteiger partial charge >= 0.3 is 0 Å². The number of hydrogen-bond acceptors (Lipinski definition) is 3. The molecule has 2 nitrogen and oxygen atoms in total. The van der Waals surface area contributed by atoms with Crippen LogP contribution in [0.3, 0.4) is 0 Å². The molecule has 100 valence electrons. The van der Waals surface area contributed by atoms with E-state index in [1.807, 2.05) is 11.8 Å². The minimum atomic E-state index is 0.354. The van der Waals surface area contributed by atoms with Gasteiger partial charge in [-0.05, 0) is 30.7 Å². The first kappa shape index (κ1) is 13.9. The third-order valence-electron chi connectivity index (χ3n) is 3.73. The molecule has 1 aliphatic carbocycles. The van der Waals surface area contributed by atoms with Crippen LogP contribution in [0.4, 0.5) is 0 Å². The van der Waals surface area contributed by atoms with Gasteiger partial charge in [-0.3, -0.25) is 0 Å². The SMILES string of the molecule is COCCSC1CC(c2ccccc2)CCC1N. The van der Waals surface area contributed by atoms with Gasteiger partial charge in [-0.1, -0.05) is 30.3 Å². The maximum atomic E-state index is 6.24. The van der Waals surface area contributed by atoms with Crippen molar-refractivity contribution in [2.45, 2.75) is 36.5 Å². The highest BCUT2D eigenvalue weighted by molar-refractivity contribution is 8.00. The summed E-state index contributed by atoms with van der Waals surface area (Å²) in [6, 6.07) is 11.2. The molecule has 18 heavy (non-hydrogen) atoms. The second-order valence-corrected chi connectivity index (χ2v) is 6.33. The number of thioether (sulfide) groups is 1. The molecule has 0 heterocycles. The predicted molar refractivity (Wildman–Crippen MR) is 79.1 cm³/mol. The van der Waals surface area contributed by atoms with Crippen LogP contribution in [-0.2, 0) is 4.74 Å². The third-order valence-corrected chi connectivity index (χ3v) is 5.11. The Kier molecular flexibility index (Phi) is 5.54. The van der Waals surface area contributed by atoms with Gasteiger partial charge in [0.1, 0.15) is 0 Å². The first-order valence-corrected chi connectivity index (χ1v) is 7.77. The highest BCUT2D eigenvalue weighted by Gasteiger charge is 2.28. The van der Waals surface area contributed by atoms with Crippen molar-refractivity contribution in [2.75, 3.05) is 19.5 Å². The highest BCUT2D eigenvalue weighted by Crippen LogP contribution is 2.37. The van der Waals surface area contributed by atoms with Crippen molar-refractivity contribution in [3.05, 3.63) is 35.9 Å². The molecule has 1 fully saturated rings. The monoisotopic (exact) mass is 265 g/mol. The van der Waals surface area contributed by atoms with Gasteiger partial charge in [0.15, 0.2) is 0 Å². The molecule has 2 rings (SSSR count). The van der Waals surface area contributed by atoms with E-state index in [2.05, 4.69) is 30.3 Å². The van der Waals surface area contributed by atoms with Crippen molar-refractivity contribution in [2.24, 2.45) is 5.73 Å². The summed E-state index contributed by atoms with van der Waals surface area (Å²) in [4.78, 5) is 0. The Hall–Kier alpha value is -0.510. The Bertz CT molecular complexity index is 344. The first-order valence-electron chi connectivity index (χ1n) is 6.72. The van der Waals surface area contributed by atoms with Gasteiger partial charge in [0.05, 0.1) is 6.61 Å². The van der Waals surface area contributed by atoms with E-state index >= 15 is 0 Å². The number of benzene rings is 1. The van der Waals surface area contributed by atoms with Crippen LogP contribution in [0.15, 0.2) is 30.3 Å². The van der Waals surface area contributed by atoms with Crippen molar-refractivity contribution in [1.82, 2.24) is 0 Å². The van der Waals surface area contributed by atoms with Crippen molar-refractivity contribution in [3.8, 4) is 0 Å². The fourth-order valence-electron chi connectivity index (χ4n) is 2.66. The maximum Gasteiger partial charge on any atom is 0.0553 e. The predicted octanol–water partition coefficient (Wildman–Crippen LogP) is 3.03. The largest absolute Gasteiger partial charge is 0.384 e. The van der Waals surface area contributed by atoms with Crippen LogP contribution in [-0.4, -0.2) is 30.8 Å². The van der Waals surface area contributed by atoms with Crippen LogP contribution in [0.1, 0.15) is 30.7 Å². The van der Waals surface area contributed by atoms with E-state index in [0.717, 1.165) is 18.8 Å². The van der Waals surface area contributed by atoms with Gasteiger partial charge in [0, 0.05) is 24.2 Å². The fraction of sp³-hybridized carbons (Fsp3) is 0.600. The quantitative estimate of drug-likeness (QED) is 0.831. The number of ether oxygens (including phenoxy) is 1. The lowest BCUT2D eigenvalue weighted by Gasteiger charge is -2.34. The number of methoxy groups -OCH3 is 1. The van der Waals surface area contributed by atoms with E-state index < -0.39 is 0 Å². The molecule has 3 atom stereocenters. The van der Waals surface area contributed by atoms with E-state index in [-0.39, 0.29) is 0 Å². The van der Waals surface area contributed by atoms with Crippen molar-refractivity contribution in [1.29, 1.82) is 0 Å². The second kappa shape index (κ2) is 7.17. The molecule has 1 aromatic carbocycles. The molecule has 1 aromatic rings. The molecular formula is C15H23NOS. The average Bonchev–Trinajstić information content (AvgIpc) is 2.42. The standard InChI is InChI=1S/C15H23NOS/c1-17-9-10-18-15-11-13(7-8-14(15)16)12-5-3-2-4-6-12/h2-6,13-15H,7-11,16H2,1H3. The Morgan fingerprint density at radius 2 is 2.06 bits per heavy atom. The molecular weight excluding hydrogens is 242 g/mol. The van der Waals surface area contributed by atoms with Crippen molar-refractivity contribution in [3.63, 3.8) is 0 Å². The van der Waals surface area contributed by atoms with Crippen molar-refractivity contribution >= 4 is 11.8 Å². The topological polar surface area (TPSA) is 35.2 Å². The normalized spacial score (nSPS) is 28.2. The van der Waals surface area contributed by atoms with Crippen LogP contribution in [0.25, 0.3) is 0 Å². The zero-order valence-electron chi connectivity index (χ0n) is 11.0. The third kappa shape index (κ3) is 3.74. The smallest absolute Gasteiger partial charge is 0.0553 e. The molecule has 3 heteroatoms. The minimum absolute atomic E-state index is 0.354. The molecule has 1 saturated carbocycles. The summed E-state index contributed by atoms with van der Waals surface area (Å²) in [7, 11) is 1.76. The molecule has 3 unspecified atom stereocenters. The number of rotatable bonds is 5. The first-order chi connectivity index (χ1) is 8.81. The van der Waals surface area contributed by atoms with Crippen LogP contribution >= 0.6 is 11.8 Å². The van der Waals surface area contributed by atoms with Gasteiger partial charge in [-0.15, -0.1) is 0 Å². The van der Waals surface area contributed by atoms with Crippen LogP contribution in [0.5, 0.6) is 0 Å². The summed E-state index contributed by atoms with van der Waals surface area (Å²) in [5.74, 6) is 1.74. The van der Waals surface area contributed by atoms with E-state index in [1.54, 1.807) is 7.11 Å². The maximum absolute atomic E-state index is 6.24. The lowest BCUT2D eigenvalue weighted by molar-refractivity contribution is 0.218. The molecule has 0 amide bonds. The molecule has 0 aliphatic heterocycles.